The zero-order valence-electron chi connectivity index (χ0n) is 12.2. The fourth-order valence-electron chi connectivity index (χ4n) is 1.77. The second kappa shape index (κ2) is 7.83. The molecule has 0 saturated heterocycles. The Balaban J connectivity index is 1.98. The Labute approximate surface area is 128 Å². The molecule has 5 nitrogen and oxygen atoms in total. The molecule has 0 atom stereocenters. The van der Waals surface area contributed by atoms with E-state index in [9.17, 15) is 9.59 Å². The zero-order valence-corrected chi connectivity index (χ0v) is 12.2. The summed E-state index contributed by atoms with van der Waals surface area (Å²) in [4.78, 5) is 23.5. The molecule has 5 heteroatoms. The molecule has 0 N–H and O–H groups in total. The average molecular weight is 300 g/mol. The van der Waals surface area contributed by atoms with Crippen molar-refractivity contribution in [3.05, 3.63) is 65.7 Å². The van der Waals surface area contributed by atoms with Gasteiger partial charge in [-0.2, -0.15) is 0 Å². The van der Waals surface area contributed by atoms with Gasteiger partial charge in [-0.3, -0.25) is 0 Å². The molecule has 0 fully saturated rings. The van der Waals surface area contributed by atoms with Crippen molar-refractivity contribution in [3.63, 3.8) is 0 Å². The van der Waals surface area contributed by atoms with Crippen LogP contribution in [0.25, 0.3) is 0 Å². The Bertz CT molecular complexity index is 637. The van der Waals surface area contributed by atoms with Crippen molar-refractivity contribution in [1.29, 1.82) is 0 Å². The highest BCUT2D eigenvalue weighted by Gasteiger charge is 2.16. The molecular formula is C17H16O5. The van der Waals surface area contributed by atoms with Crippen LogP contribution in [0.4, 0.5) is 4.79 Å². The Morgan fingerprint density at radius 3 is 2.32 bits per heavy atom. The largest absolute Gasteiger partial charge is 0.514 e. The predicted octanol–water partition coefficient (Wildman–Crippen LogP) is 3.58. The van der Waals surface area contributed by atoms with Crippen LogP contribution in [0.3, 0.4) is 0 Å². The molecule has 0 aliphatic carbocycles. The molecule has 2 aromatic rings. The molecule has 0 aromatic heterocycles. The molecule has 0 aliphatic rings. The third-order valence-corrected chi connectivity index (χ3v) is 2.78. The lowest BCUT2D eigenvalue weighted by Crippen LogP contribution is -2.14. The van der Waals surface area contributed by atoms with Gasteiger partial charge >= 0.3 is 12.1 Å². The lowest BCUT2D eigenvalue weighted by molar-refractivity contribution is 0.0520. The van der Waals surface area contributed by atoms with Crippen LogP contribution in [0.5, 0.6) is 5.75 Å². The summed E-state index contributed by atoms with van der Waals surface area (Å²) in [5.41, 5.74) is 1.03. The van der Waals surface area contributed by atoms with E-state index in [0.29, 0.717) is 0 Å². The van der Waals surface area contributed by atoms with Crippen LogP contribution in [0, 0.1) is 0 Å². The average Bonchev–Trinajstić information content (AvgIpc) is 2.54. The molecular weight excluding hydrogens is 284 g/mol. The lowest BCUT2D eigenvalue weighted by atomic mass is 10.2. The summed E-state index contributed by atoms with van der Waals surface area (Å²) in [6, 6.07) is 15.6. The molecule has 114 valence electrons. The quantitative estimate of drug-likeness (QED) is 0.624. The van der Waals surface area contributed by atoms with E-state index < -0.39 is 12.1 Å². The van der Waals surface area contributed by atoms with E-state index in [-0.39, 0.29) is 24.5 Å². The van der Waals surface area contributed by atoms with Crippen LogP contribution >= 0.6 is 0 Å². The molecule has 22 heavy (non-hydrogen) atoms. The molecule has 0 aliphatic heterocycles. The van der Waals surface area contributed by atoms with Gasteiger partial charge in [0.2, 0.25) is 0 Å². The Morgan fingerprint density at radius 1 is 0.909 bits per heavy atom. The van der Waals surface area contributed by atoms with Crippen molar-refractivity contribution < 1.29 is 23.8 Å². The number of hydrogen-bond donors (Lipinski definition) is 0. The maximum absolute atomic E-state index is 11.8. The van der Waals surface area contributed by atoms with Gasteiger partial charge in [0, 0.05) is 0 Å². The van der Waals surface area contributed by atoms with Crippen LogP contribution in [-0.2, 0) is 16.1 Å². The Hall–Kier alpha value is -2.82. The molecule has 0 unspecified atom stereocenters. The lowest BCUT2D eigenvalue weighted by Gasteiger charge is -2.09. The van der Waals surface area contributed by atoms with Crippen LogP contribution in [0.2, 0.25) is 0 Å². The molecule has 0 saturated carbocycles. The first-order chi connectivity index (χ1) is 10.7. The number of carbonyl (C=O) groups excluding carboxylic acids is 2. The first-order valence-corrected chi connectivity index (χ1v) is 6.85. The van der Waals surface area contributed by atoms with Crippen molar-refractivity contribution in [2.24, 2.45) is 0 Å². The van der Waals surface area contributed by atoms with Gasteiger partial charge in [-0.15, -0.1) is 0 Å². The second-order valence-corrected chi connectivity index (χ2v) is 4.34. The first kappa shape index (κ1) is 15.6. The topological polar surface area (TPSA) is 61.8 Å². The summed E-state index contributed by atoms with van der Waals surface area (Å²) in [5.74, 6) is -0.437. The highest BCUT2D eigenvalue weighted by atomic mass is 16.7. The van der Waals surface area contributed by atoms with E-state index in [1.165, 1.54) is 12.1 Å². The van der Waals surface area contributed by atoms with E-state index in [1.54, 1.807) is 19.1 Å². The smallest absolute Gasteiger partial charge is 0.462 e. The summed E-state index contributed by atoms with van der Waals surface area (Å²) >= 11 is 0. The summed E-state index contributed by atoms with van der Waals surface area (Å²) < 4.78 is 15.0. The fraction of sp³-hybridized carbons (Fsp3) is 0.176. The summed E-state index contributed by atoms with van der Waals surface area (Å²) in [5, 5.41) is 0. The van der Waals surface area contributed by atoms with Crippen LogP contribution in [-0.4, -0.2) is 18.7 Å². The van der Waals surface area contributed by atoms with Crippen molar-refractivity contribution in [1.82, 2.24) is 0 Å². The molecule has 2 rings (SSSR count). The van der Waals surface area contributed by atoms with Crippen LogP contribution in [0.15, 0.2) is 54.6 Å². The monoisotopic (exact) mass is 300 g/mol. The number of esters is 1. The number of hydrogen-bond acceptors (Lipinski definition) is 5. The van der Waals surface area contributed by atoms with Crippen molar-refractivity contribution in [2.75, 3.05) is 6.61 Å². The maximum atomic E-state index is 11.8. The van der Waals surface area contributed by atoms with Gasteiger partial charge in [-0.05, 0) is 24.6 Å². The van der Waals surface area contributed by atoms with E-state index >= 15 is 0 Å². The molecule has 0 radical (unpaired) electrons. The van der Waals surface area contributed by atoms with Crippen LogP contribution < -0.4 is 4.74 Å². The van der Waals surface area contributed by atoms with Gasteiger partial charge in [0.15, 0.2) is 0 Å². The van der Waals surface area contributed by atoms with E-state index in [1.807, 2.05) is 30.3 Å². The molecule has 0 bridgehead atoms. The van der Waals surface area contributed by atoms with Gasteiger partial charge in [-0.25, -0.2) is 9.59 Å². The van der Waals surface area contributed by atoms with Gasteiger partial charge in [0.05, 0.1) is 6.61 Å². The summed E-state index contributed by atoms with van der Waals surface area (Å²) in [6.45, 7) is 2.04. The number of ether oxygens (including phenoxy) is 3. The third kappa shape index (κ3) is 4.34. The third-order valence-electron chi connectivity index (χ3n) is 2.78. The number of rotatable bonds is 5. The minimum atomic E-state index is -0.874. The highest BCUT2D eigenvalue weighted by Crippen LogP contribution is 2.19. The van der Waals surface area contributed by atoms with Gasteiger partial charge in [0.25, 0.3) is 0 Å². The van der Waals surface area contributed by atoms with Crippen molar-refractivity contribution in [2.45, 2.75) is 13.5 Å². The minimum absolute atomic E-state index is 0.0985. The summed E-state index contributed by atoms with van der Waals surface area (Å²) in [6.07, 6.45) is -0.874. The number of benzene rings is 2. The van der Waals surface area contributed by atoms with E-state index in [0.717, 1.165) is 5.56 Å². The van der Waals surface area contributed by atoms with Crippen LogP contribution in [0.1, 0.15) is 22.8 Å². The predicted molar refractivity (Wildman–Crippen MR) is 79.7 cm³/mol. The van der Waals surface area contributed by atoms with Gasteiger partial charge < -0.3 is 14.2 Å². The number of para-hydroxylation sites is 1. The molecule has 0 spiro atoms. The SMILES string of the molecule is CCOC(=O)c1ccccc1OC(=O)OCc1ccccc1. The van der Waals surface area contributed by atoms with E-state index in [4.69, 9.17) is 14.2 Å². The van der Waals surface area contributed by atoms with E-state index in [2.05, 4.69) is 0 Å². The molecule has 0 amide bonds. The standard InChI is InChI=1S/C17H16O5/c1-2-20-16(18)14-10-6-7-11-15(14)22-17(19)21-12-13-8-4-3-5-9-13/h3-11H,2,12H2,1H3. The second-order valence-electron chi connectivity index (χ2n) is 4.34. The fourth-order valence-corrected chi connectivity index (χ4v) is 1.77. The number of carbonyl (C=O) groups is 2. The Morgan fingerprint density at radius 2 is 1.59 bits per heavy atom. The van der Waals surface area contributed by atoms with Crippen molar-refractivity contribution in [3.8, 4) is 5.75 Å². The minimum Gasteiger partial charge on any atom is -0.462 e. The van der Waals surface area contributed by atoms with Gasteiger partial charge in [-0.1, -0.05) is 42.5 Å². The molecule has 2 aromatic carbocycles. The zero-order chi connectivity index (χ0) is 15.8. The molecule has 0 heterocycles. The normalized spacial score (nSPS) is 9.86. The first-order valence-electron chi connectivity index (χ1n) is 6.85. The summed E-state index contributed by atoms with van der Waals surface area (Å²) in [7, 11) is 0. The van der Waals surface area contributed by atoms with Gasteiger partial charge in [0.1, 0.15) is 17.9 Å². The maximum Gasteiger partial charge on any atom is 0.514 e. The highest BCUT2D eigenvalue weighted by molar-refractivity contribution is 5.93. The van der Waals surface area contributed by atoms with Crippen molar-refractivity contribution >= 4 is 12.1 Å². The Kier molecular flexibility index (Phi) is 5.54.